The van der Waals surface area contributed by atoms with Crippen molar-refractivity contribution >= 4 is 43.6 Å². The fraction of sp³-hybridized carbons (Fsp3) is 0.187. The summed E-state index contributed by atoms with van der Waals surface area (Å²) in [7, 11) is 0. The van der Waals surface area contributed by atoms with E-state index < -0.39 is 29.0 Å². The van der Waals surface area contributed by atoms with Crippen LogP contribution in [0.5, 0.6) is 0 Å². The molecule has 12 rings (SSSR count). The van der Waals surface area contributed by atoms with Gasteiger partial charge in [0.05, 0.1) is 56.2 Å². The first-order chi connectivity index (χ1) is 39.8. The predicted molar refractivity (Wildman–Crippen MR) is 334 cm³/mol. The molecule has 0 unspecified atom stereocenters. The van der Waals surface area contributed by atoms with E-state index in [2.05, 4.69) is 220 Å². The van der Waals surface area contributed by atoms with E-state index in [4.69, 9.17) is 0 Å². The van der Waals surface area contributed by atoms with Gasteiger partial charge in [-0.25, -0.2) is 0 Å². The Bertz CT molecular complexity index is 4480. The molecule has 0 spiro atoms. The molecule has 0 fully saturated rings. The number of aryl methyl sites for hydroxylation is 12. The van der Waals surface area contributed by atoms with Gasteiger partial charge in [-0.2, -0.15) is 31.6 Å². The first-order valence-electron chi connectivity index (χ1n) is 28.2. The van der Waals surface area contributed by atoms with Gasteiger partial charge >= 0.3 is 12.4 Å². The quantitative estimate of drug-likeness (QED) is 0.146. The third-order valence-corrected chi connectivity index (χ3v) is 17.0. The van der Waals surface area contributed by atoms with E-state index in [9.17, 15) is 31.6 Å². The van der Waals surface area contributed by atoms with Gasteiger partial charge in [-0.3, -0.25) is 0 Å². The maximum atomic E-state index is 14.8. The fourth-order valence-corrected chi connectivity index (χ4v) is 14.1. The molecule has 418 valence electrons. The zero-order valence-corrected chi connectivity index (χ0v) is 49.0. The third-order valence-electron chi connectivity index (χ3n) is 17.0. The smallest absolute Gasteiger partial charge is 0.307 e. The summed E-state index contributed by atoms with van der Waals surface area (Å²) in [5.74, 6) is 0. The lowest BCUT2D eigenvalue weighted by Gasteiger charge is -2.21. The Balaban J connectivity index is 1.25. The molecule has 0 aliphatic heterocycles. The van der Waals surface area contributed by atoms with Gasteiger partial charge < -0.3 is 9.13 Å². The molecule has 0 aliphatic carbocycles. The van der Waals surface area contributed by atoms with Crippen molar-refractivity contribution in [1.29, 1.82) is 5.26 Å². The Hall–Kier alpha value is -9.13. The first kappa shape index (κ1) is 55.4. The zero-order valence-electron chi connectivity index (χ0n) is 49.0. The maximum Gasteiger partial charge on any atom is 0.416 e. The number of fused-ring (bicyclic) bond motifs is 6. The average molecular weight is 1120 g/mol. The van der Waals surface area contributed by atoms with Crippen molar-refractivity contribution in [2.24, 2.45) is 0 Å². The number of halogens is 6. The standard InChI is InChI=1S/C75H61F6N3/c1-39-21-43(5)70(44(6)22-39)51-13-17-64-60(31-51)61-32-52(71-45(7)23-40(2)24-46(71)8)14-18-65(61)83(64)68-35-56(38-82)59(55-29-57(74(76,77)78)36-58(30-55)75(79,80)81)37-69(68)84-66-19-15-53(72-47(9)25-41(3)26-48(72)10)33-62(66)63-34-54(16-20-67(63)84)73-49(11)27-42(4)28-50(73)12/h13-37H,1-12H3. The SMILES string of the molecule is Cc1cc(C)c(-c2ccc3c(c2)c2cc(-c4c(C)cc(C)cc4C)ccc2n3-c2cc(C#N)c(-c3cc(C(F)(F)F)cc(C(F)(F)F)c3)cc2-n2c3ccc(-c4c(C)cc(C)cc4C)cc3c3cc(-c4c(C)cc(C)cc4C)ccc32)c(C)c1. The number of rotatable bonds is 7. The summed E-state index contributed by atoms with van der Waals surface area (Å²) in [5, 5.41) is 14.9. The van der Waals surface area contributed by atoms with E-state index in [-0.39, 0.29) is 17.2 Å². The lowest BCUT2D eigenvalue weighted by molar-refractivity contribution is -0.143. The maximum absolute atomic E-state index is 14.8. The highest BCUT2D eigenvalue weighted by atomic mass is 19.4. The van der Waals surface area contributed by atoms with Crippen molar-refractivity contribution in [1.82, 2.24) is 9.13 Å². The van der Waals surface area contributed by atoms with E-state index in [1.807, 2.05) is 0 Å². The Kier molecular flexibility index (Phi) is 13.2. The second-order valence-electron chi connectivity index (χ2n) is 23.5. The summed E-state index contributed by atoms with van der Waals surface area (Å²) in [5.41, 5.74) is 22.3. The Labute approximate surface area is 485 Å². The van der Waals surface area contributed by atoms with E-state index in [0.717, 1.165) is 155 Å². The molecule has 9 heteroatoms. The Morgan fingerprint density at radius 1 is 0.310 bits per heavy atom. The molecule has 0 aliphatic rings. The predicted octanol–water partition coefficient (Wildman–Crippen LogP) is 21.8. The molecule has 0 amide bonds. The lowest BCUT2D eigenvalue weighted by atomic mass is 9.91. The van der Waals surface area contributed by atoms with Crippen LogP contribution in [0.3, 0.4) is 0 Å². The molecule has 2 aromatic heterocycles. The van der Waals surface area contributed by atoms with Crippen LogP contribution in [0, 0.1) is 94.4 Å². The van der Waals surface area contributed by atoms with Crippen LogP contribution < -0.4 is 0 Å². The monoisotopic (exact) mass is 1120 g/mol. The second kappa shape index (κ2) is 20.1. The normalized spacial score (nSPS) is 12.2. The molecule has 0 saturated heterocycles. The summed E-state index contributed by atoms with van der Waals surface area (Å²) >= 11 is 0. The molecule has 0 atom stereocenters. The van der Waals surface area contributed by atoms with Crippen LogP contribution in [-0.4, -0.2) is 9.13 Å². The Morgan fingerprint density at radius 2 is 0.571 bits per heavy atom. The van der Waals surface area contributed by atoms with Crippen molar-refractivity contribution in [3.63, 3.8) is 0 Å². The van der Waals surface area contributed by atoms with Crippen LogP contribution >= 0.6 is 0 Å². The number of aromatic nitrogens is 2. The van der Waals surface area contributed by atoms with Crippen molar-refractivity contribution < 1.29 is 26.3 Å². The van der Waals surface area contributed by atoms with Crippen LogP contribution in [0.2, 0.25) is 0 Å². The largest absolute Gasteiger partial charge is 0.416 e. The second-order valence-corrected chi connectivity index (χ2v) is 23.5. The van der Waals surface area contributed by atoms with Gasteiger partial charge in [0.15, 0.2) is 0 Å². The van der Waals surface area contributed by atoms with Crippen LogP contribution in [0.1, 0.15) is 83.5 Å². The van der Waals surface area contributed by atoms with Crippen molar-refractivity contribution in [3.05, 3.63) is 235 Å². The van der Waals surface area contributed by atoms with Crippen LogP contribution in [0.15, 0.2) is 152 Å². The van der Waals surface area contributed by atoms with Crippen LogP contribution in [0.25, 0.3) is 111 Å². The highest BCUT2D eigenvalue weighted by Gasteiger charge is 2.38. The molecule has 0 N–H and O–H groups in total. The summed E-state index contributed by atoms with van der Waals surface area (Å²) in [6.07, 6.45) is -10.3. The average Bonchev–Trinajstić information content (AvgIpc) is 1.64. The van der Waals surface area contributed by atoms with Gasteiger partial charge in [0.1, 0.15) is 0 Å². The van der Waals surface area contributed by atoms with Crippen LogP contribution in [-0.2, 0) is 12.4 Å². The number of nitrogens with zero attached hydrogens (tertiary/aromatic N) is 3. The molecule has 0 saturated carbocycles. The number of nitriles is 1. The molecule has 10 aromatic carbocycles. The van der Waals surface area contributed by atoms with E-state index in [0.29, 0.717) is 23.5 Å². The molecule has 12 aromatic rings. The van der Waals surface area contributed by atoms with Crippen molar-refractivity contribution in [2.45, 2.75) is 95.4 Å². The highest BCUT2D eigenvalue weighted by Crippen LogP contribution is 2.47. The summed E-state index contributed by atoms with van der Waals surface area (Å²) in [6.45, 7) is 25.2. The first-order valence-corrected chi connectivity index (χ1v) is 28.2. The van der Waals surface area contributed by atoms with Gasteiger partial charge in [-0.1, -0.05) is 95.1 Å². The van der Waals surface area contributed by atoms with Gasteiger partial charge in [-0.15, -0.1) is 0 Å². The van der Waals surface area contributed by atoms with Crippen molar-refractivity contribution in [2.75, 3.05) is 0 Å². The van der Waals surface area contributed by atoms with E-state index >= 15 is 0 Å². The van der Waals surface area contributed by atoms with Gasteiger partial charge in [0, 0.05) is 27.1 Å². The number of hydrogen-bond acceptors (Lipinski definition) is 1. The van der Waals surface area contributed by atoms with Gasteiger partial charge in [-0.05, 0) is 257 Å². The molecule has 0 bridgehead atoms. The molecule has 3 nitrogen and oxygen atoms in total. The van der Waals surface area contributed by atoms with Crippen LogP contribution in [0.4, 0.5) is 26.3 Å². The minimum Gasteiger partial charge on any atom is -0.307 e. The lowest BCUT2D eigenvalue weighted by Crippen LogP contribution is -2.11. The number of alkyl halides is 6. The van der Waals surface area contributed by atoms with Gasteiger partial charge in [0.2, 0.25) is 0 Å². The fourth-order valence-electron chi connectivity index (χ4n) is 14.1. The highest BCUT2D eigenvalue weighted by molar-refractivity contribution is 6.14. The summed E-state index contributed by atoms with van der Waals surface area (Å²) in [6, 6.07) is 49.9. The topological polar surface area (TPSA) is 33.6 Å². The zero-order chi connectivity index (χ0) is 59.7. The molecule has 84 heavy (non-hydrogen) atoms. The molecule has 0 radical (unpaired) electrons. The molecular formula is C75H61F6N3. The third kappa shape index (κ3) is 9.33. The van der Waals surface area contributed by atoms with Gasteiger partial charge in [0.25, 0.3) is 0 Å². The van der Waals surface area contributed by atoms with E-state index in [1.54, 1.807) is 12.1 Å². The van der Waals surface area contributed by atoms with Crippen molar-refractivity contribution in [3.8, 4) is 73.1 Å². The number of hydrogen-bond donors (Lipinski definition) is 0. The molecular weight excluding hydrogens is 1060 g/mol. The molecule has 2 heterocycles. The number of benzene rings is 10. The Morgan fingerprint density at radius 3 is 0.821 bits per heavy atom. The minimum atomic E-state index is -5.14. The minimum absolute atomic E-state index is 0.0890. The summed E-state index contributed by atoms with van der Waals surface area (Å²) in [4.78, 5) is 0. The van der Waals surface area contributed by atoms with E-state index in [1.165, 1.54) is 0 Å². The summed E-state index contributed by atoms with van der Waals surface area (Å²) < 4.78 is 93.2.